The maximum Gasteiger partial charge on any atom is 0.226 e. The van der Waals surface area contributed by atoms with Crippen molar-refractivity contribution in [3.05, 3.63) is 11.6 Å². The van der Waals surface area contributed by atoms with Crippen LogP contribution in [0.15, 0.2) is 6.33 Å². The summed E-state index contributed by atoms with van der Waals surface area (Å²) in [5, 5.41) is 13.1. The van der Waals surface area contributed by atoms with E-state index in [0.29, 0.717) is 11.5 Å². The lowest BCUT2D eigenvalue weighted by molar-refractivity contribution is 0.214. The van der Waals surface area contributed by atoms with Crippen molar-refractivity contribution < 1.29 is 5.11 Å². The van der Waals surface area contributed by atoms with E-state index in [1.807, 2.05) is 0 Å². The molecule has 3 N–H and O–H groups in total. The molecule has 1 saturated carbocycles. The normalized spacial score (nSPS) is 18.3. The van der Waals surface area contributed by atoms with Gasteiger partial charge in [-0.25, -0.2) is 4.98 Å². The quantitative estimate of drug-likeness (QED) is 0.737. The standard InChI is InChI=1S/C11H14ClN5O/c12-10-15-8-7(13-6-14-8)9(16-10)17-11(5-18)3-1-2-4-11/h6,18H,1-5H2,(H2,13,14,15,16,17). The van der Waals surface area contributed by atoms with Crippen LogP contribution in [0.4, 0.5) is 5.82 Å². The molecule has 0 unspecified atom stereocenters. The minimum absolute atomic E-state index is 0.0876. The Morgan fingerprint density at radius 3 is 2.89 bits per heavy atom. The van der Waals surface area contributed by atoms with Gasteiger partial charge in [0.2, 0.25) is 5.28 Å². The van der Waals surface area contributed by atoms with Crippen molar-refractivity contribution >= 4 is 28.6 Å². The van der Waals surface area contributed by atoms with Gasteiger partial charge in [0.05, 0.1) is 18.5 Å². The van der Waals surface area contributed by atoms with E-state index >= 15 is 0 Å². The predicted molar refractivity (Wildman–Crippen MR) is 68.6 cm³/mol. The summed E-state index contributed by atoms with van der Waals surface area (Å²) in [6.45, 7) is 0.0876. The summed E-state index contributed by atoms with van der Waals surface area (Å²) in [6.07, 6.45) is 5.64. The monoisotopic (exact) mass is 267 g/mol. The summed E-state index contributed by atoms with van der Waals surface area (Å²) in [5.74, 6) is 0.610. The van der Waals surface area contributed by atoms with Crippen LogP contribution in [-0.2, 0) is 0 Å². The third-order valence-electron chi connectivity index (χ3n) is 3.51. The predicted octanol–water partition coefficient (Wildman–Crippen LogP) is 1.72. The van der Waals surface area contributed by atoms with Crippen LogP contribution in [0.3, 0.4) is 0 Å². The highest BCUT2D eigenvalue weighted by Gasteiger charge is 2.34. The SMILES string of the molecule is OCC1(Nc2nc(Cl)nc3nc[nH]c23)CCCC1. The van der Waals surface area contributed by atoms with Gasteiger partial charge in [-0.15, -0.1) is 0 Å². The first-order valence-electron chi connectivity index (χ1n) is 5.98. The molecule has 0 bridgehead atoms. The van der Waals surface area contributed by atoms with Crippen molar-refractivity contribution in [2.75, 3.05) is 11.9 Å². The van der Waals surface area contributed by atoms with Crippen LogP contribution in [0.1, 0.15) is 25.7 Å². The molecule has 1 aliphatic rings. The summed E-state index contributed by atoms with van der Waals surface area (Å²) < 4.78 is 0. The van der Waals surface area contributed by atoms with Crippen LogP contribution in [-0.4, -0.2) is 37.2 Å². The summed E-state index contributed by atoms with van der Waals surface area (Å²) in [6, 6.07) is 0. The van der Waals surface area contributed by atoms with Crippen molar-refractivity contribution in [1.29, 1.82) is 0 Å². The highest BCUT2D eigenvalue weighted by molar-refractivity contribution is 6.28. The number of aromatic amines is 1. The van der Waals surface area contributed by atoms with Crippen LogP contribution in [0.5, 0.6) is 0 Å². The van der Waals surface area contributed by atoms with Crippen LogP contribution >= 0.6 is 11.6 Å². The Kier molecular flexibility index (Phi) is 2.83. The molecule has 0 aliphatic heterocycles. The first kappa shape index (κ1) is 11.7. The van der Waals surface area contributed by atoms with E-state index < -0.39 is 0 Å². The fourth-order valence-electron chi connectivity index (χ4n) is 2.52. The van der Waals surface area contributed by atoms with E-state index in [1.165, 1.54) is 0 Å². The molecule has 0 spiro atoms. The fraction of sp³-hybridized carbons (Fsp3) is 0.545. The zero-order valence-electron chi connectivity index (χ0n) is 9.78. The lowest BCUT2D eigenvalue weighted by atomic mass is 9.99. The number of imidazole rings is 1. The van der Waals surface area contributed by atoms with Crippen LogP contribution in [0.25, 0.3) is 11.2 Å². The average Bonchev–Trinajstić information content (AvgIpc) is 2.98. The Labute approximate surface area is 109 Å². The zero-order chi connectivity index (χ0) is 12.6. The molecule has 0 aromatic carbocycles. The molecular weight excluding hydrogens is 254 g/mol. The van der Waals surface area contributed by atoms with Gasteiger partial charge in [-0.05, 0) is 24.4 Å². The molecular formula is C11H14ClN5O. The minimum atomic E-state index is -0.296. The molecule has 2 aromatic rings. The average molecular weight is 268 g/mol. The Morgan fingerprint density at radius 2 is 2.17 bits per heavy atom. The van der Waals surface area contributed by atoms with Gasteiger partial charge in [-0.2, -0.15) is 9.97 Å². The smallest absolute Gasteiger partial charge is 0.226 e. The molecule has 3 rings (SSSR count). The number of fused-ring (bicyclic) bond motifs is 1. The van der Waals surface area contributed by atoms with Gasteiger partial charge in [-0.3, -0.25) is 0 Å². The van der Waals surface area contributed by atoms with E-state index in [-0.39, 0.29) is 17.4 Å². The van der Waals surface area contributed by atoms with E-state index in [2.05, 4.69) is 25.3 Å². The number of nitrogens with one attached hydrogen (secondary N) is 2. The van der Waals surface area contributed by atoms with Crippen molar-refractivity contribution in [2.45, 2.75) is 31.2 Å². The number of hydrogen-bond donors (Lipinski definition) is 3. The molecule has 1 aliphatic carbocycles. The number of aliphatic hydroxyl groups excluding tert-OH is 1. The van der Waals surface area contributed by atoms with Crippen LogP contribution < -0.4 is 5.32 Å². The largest absolute Gasteiger partial charge is 0.394 e. The molecule has 2 aromatic heterocycles. The molecule has 0 atom stereocenters. The maximum absolute atomic E-state index is 9.61. The number of halogens is 1. The Morgan fingerprint density at radius 1 is 1.39 bits per heavy atom. The summed E-state index contributed by atoms with van der Waals surface area (Å²) in [5.41, 5.74) is 0.957. The lowest BCUT2D eigenvalue weighted by Gasteiger charge is -2.28. The number of rotatable bonds is 3. The fourth-order valence-corrected chi connectivity index (χ4v) is 2.69. The van der Waals surface area contributed by atoms with E-state index in [9.17, 15) is 5.11 Å². The third-order valence-corrected chi connectivity index (χ3v) is 3.67. The first-order valence-corrected chi connectivity index (χ1v) is 6.36. The van der Waals surface area contributed by atoms with Gasteiger partial charge >= 0.3 is 0 Å². The number of hydrogen-bond acceptors (Lipinski definition) is 5. The van der Waals surface area contributed by atoms with E-state index in [1.54, 1.807) is 6.33 Å². The minimum Gasteiger partial charge on any atom is -0.394 e. The molecule has 0 amide bonds. The molecule has 1 fully saturated rings. The summed E-state index contributed by atoms with van der Waals surface area (Å²) in [7, 11) is 0. The van der Waals surface area contributed by atoms with E-state index in [4.69, 9.17) is 11.6 Å². The van der Waals surface area contributed by atoms with Crippen LogP contribution in [0.2, 0.25) is 5.28 Å². The second-order valence-corrected chi connectivity index (χ2v) is 5.05. The molecule has 6 nitrogen and oxygen atoms in total. The number of aliphatic hydroxyl groups is 1. The van der Waals surface area contributed by atoms with Crippen LogP contribution in [0, 0.1) is 0 Å². The van der Waals surface area contributed by atoms with Crippen molar-refractivity contribution in [3.8, 4) is 0 Å². The van der Waals surface area contributed by atoms with Gasteiger partial charge < -0.3 is 15.4 Å². The lowest BCUT2D eigenvalue weighted by Crippen LogP contribution is -2.39. The number of anilines is 1. The molecule has 0 saturated heterocycles. The molecule has 2 heterocycles. The zero-order valence-corrected chi connectivity index (χ0v) is 10.5. The number of nitrogens with zero attached hydrogens (tertiary/aromatic N) is 3. The topological polar surface area (TPSA) is 86.7 Å². The van der Waals surface area contributed by atoms with Crippen molar-refractivity contribution in [3.63, 3.8) is 0 Å². The van der Waals surface area contributed by atoms with Gasteiger partial charge in [0.25, 0.3) is 0 Å². The summed E-state index contributed by atoms with van der Waals surface area (Å²) in [4.78, 5) is 15.3. The summed E-state index contributed by atoms with van der Waals surface area (Å²) >= 11 is 5.88. The van der Waals surface area contributed by atoms with Gasteiger partial charge in [0.1, 0.15) is 5.52 Å². The highest BCUT2D eigenvalue weighted by Crippen LogP contribution is 2.33. The van der Waals surface area contributed by atoms with Gasteiger partial charge in [0, 0.05) is 0 Å². The Balaban J connectivity index is 2.01. The van der Waals surface area contributed by atoms with Gasteiger partial charge in [0.15, 0.2) is 11.5 Å². The highest BCUT2D eigenvalue weighted by atomic mass is 35.5. The Hall–Kier alpha value is -1.40. The first-order chi connectivity index (χ1) is 8.72. The Bertz CT molecular complexity index is 564. The number of H-pyrrole nitrogens is 1. The molecule has 0 radical (unpaired) electrons. The number of aromatic nitrogens is 4. The molecule has 7 heteroatoms. The second-order valence-electron chi connectivity index (χ2n) is 4.71. The third kappa shape index (κ3) is 1.91. The van der Waals surface area contributed by atoms with Gasteiger partial charge in [-0.1, -0.05) is 12.8 Å². The van der Waals surface area contributed by atoms with Crippen molar-refractivity contribution in [1.82, 2.24) is 19.9 Å². The molecule has 18 heavy (non-hydrogen) atoms. The molecule has 96 valence electrons. The maximum atomic E-state index is 9.61. The van der Waals surface area contributed by atoms with Crippen molar-refractivity contribution in [2.24, 2.45) is 0 Å². The second kappa shape index (κ2) is 4.37. The van der Waals surface area contributed by atoms with E-state index in [0.717, 1.165) is 31.2 Å².